The van der Waals surface area contributed by atoms with Gasteiger partial charge in [0.15, 0.2) is 5.75 Å². The molecule has 112 valence electrons. The summed E-state index contributed by atoms with van der Waals surface area (Å²) in [5.74, 6) is 0.219. The highest BCUT2D eigenvalue weighted by molar-refractivity contribution is 9.10. The number of aryl methyl sites for hydroxylation is 1. The Balaban J connectivity index is 2.10. The molecule has 0 saturated carbocycles. The molecule has 0 aliphatic carbocycles. The number of aromatic nitrogens is 1. The molecule has 0 radical (unpaired) electrons. The van der Waals surface area contributed by atoms with Crippen molar-refractivity contribution in [2.24, 2.45) is 0 Å². The van der Waals surface area contributed by atoms with Gasteiger partial charge in [-0.3, -0.25) is 0 Å². The van der Waals surface area contributed by atoms with Crippen molar-refractivity contribution in [1.29, 1.82) is 0 Å². The summed E-state index contributed by atoms with van der Waals surface area (Å²) in [5.41, 5.74) is 1.32. The molecule has 0 unspecified atom stereocenters. The maximum atomic E-state index is 12.5. The fourth-order valence-electron chi connectivity index (χ4n) is 2.10. The van der Waals surface area contributed by atoms with Crippen molar-refractivity contribution in [2.75, 3.05) is 0 Å². The molecule has 4 nitrogen and oxygen atoms in total. The van der Waals surface area contributed by atoms with Crippen LogP contribution in [0.5, 0.6) is 5.75 Å². The average molecular weight is 378 g/mol. The Kier molecular flexibility index (Phi) is 3.88. The summed E-state index contributed by atoms with van der Waals surface area (Å²) < 4.78 is 30.7. The maximum absolute atomic E-state index is 12.5. The molecule has 22 heavy (non-hydrogen) atoms. The number of benzene rings is 2. The molecule has 1 heterocycles. The first-order valence-electron chi connectivity index (χ1n) is 6.53. The van der Waals surface area contributed by atoms with Crippen LogP contribution in [0.2, 0.25) is 0 Å². The molecule has 6 heteroatoms. The number of pyridine rings is 1. The molecule has 0 fully saturated rings. The summed E-state index contributed by atoms with van der Waals surface area (Å²) in [5, 5.41) is 0.824. The predicted molar refractivity (Wildman–Crippen MR) is 88.4 cm³/mol. The van der Waals surface area contributed by atoms with Crippen LogP contribution in [-0.2, 0) is 10.1 Å². The van der Waals surface area contributed by atoms with E-state index in [2.05, 4.69) is 20.9 Å². The first kappa shape index (κ1) is 15.0. The van der Waals surface area contributed by atoms with Crippen LogP contribution in [0.4, 0.5) is 0 Å². The number of nitrogens with zero attached hydrogens (tertiary/aromatic N) is 1. The van der Waals surface area contributed by atoms with E-state index in [1.54, 1.807) is 30.3 Å². The Morgan fingerprint density at radius 2 is 1.77 bits per heavy atom. The number of fused-ring (bicyclic) bond motifs is 1. The smallest absolute Gasteiger partial charge is 0.340 e. The number of hydrogen-bond donors (Lipinski definition) is 0. The minimum atomic E-state index is -3.94. The zero-order chi connectivity index (χ0) is 15.7. The molecular formula is C16H12BrNO3S. The van der Waals surface area contributed by atoms with E-state index in [0.29, 0.717) is 9.99 Å². The van der Waals surface area contributed by atoms with Crippen LogP contribution in [0.15, 0.2) is 64.0 Å². The van der Waals surface area contributed by atoms with Gasteiger partial charge in [0.2, 0.25) is 0 Å². The quantitative estimate of drug-likeness (QED) is 0.645. The standard InChI is InChI=1S/C16H12BrNO3S/c1-11-9-10-12-5-4-7-14(16(12)18-11)21-22(19,20)15-8-3-2-6-13(15)17/h2-10H,1H3. The largest absolute Gasteiger partial charge is 0.377 e. The lowest BCUT2D eigenvalue weighted by Gasteiger charge is -2.10. The van der Waals surface area contributed by atoms with Crippen molar-refractivity contribution in [3.63, 3.8) is 0 Å². The third kappa shape index (κ3) is 2.84. The molecule has 1 aromatic heterocycles. The monoisotopic (exact) mass is 377 g/mol. The Morgan fingerprint density at radius 1 is 1.00 bits per heavy atom. The Bertz CT molecular complexity index is 955. The van der Waals surface area contributed by atoms with Gasteiger partial charge in [-0.05, 0) is 47.1 Å². The SMILES string of the molecule is Cc1ccc2cccc(OS(=O)(=O)c3ccccc3Br)c2n1. The zero-order valence-electron chi connectivity index (χ0n) is 11.7. The van der Waals surface area contributed by atoms with Gasteiger partial charge < -0.3 is 4.18 Å². The summed E-state index contributed by atoms with van der Waals surface area (Å²) in [6.45, 7) is 1.85. The van der Waals surface area contributed by atoms with E-state index in [9.17, 15) is 8.42 Å². The van der Waals surface area contributed by atoms with Crippen molar-refractivity contribution in [3.05, 3.63) is 64.8 Å². The molecule has 3 rings (SSSR count). The lowest BCUT2D eigenvalue weighted by molar-refractivity contribution is 0.487. The second-order valence-corrected chi connectivity index (χ2v) is 7.12. The number of para-hydroxylation sites is 1. The first-order chi connectivity index (χ1) is 10.5. The second-order valence-electron chi connectivity index (χ2n) is 4.75. The lowest BCUT2D eigenvalue weighted by atomic mass is 10.2. The van der Waals surface area contributed by atoms with Crippen molar-refractivity contribution in [1.82, 2.24) is 4.98 Å². The summed E-state index contributed by atoms with van der Waals surface area (Å²) >= 11 is 3.23. The fourth-order valence-corrected chi connectivity index (χ4v) is 3.99. The predicted octanol–water partition coefficient (Wildman–Crippen LogP) is 4.07. The van der Waals surface area contributed by atoms with Gasteiger partial charge in [-0.2, -0.15) is 8.42 Å². The number of rotatable bonds is 3. The van der Waals surface area contributed by atoms with Gasteiger partial charge >= 0.3 is 10.1 Å². The highest BCUT2D eigenvalue weighted by Gasteiger charge is 2.21. The molecule has 0 atom stereocenters. The molecular weight excluding hydrogens is 366 g/mol. The van der Waals surface area contributed by atoms with Crippen LogP contribution in [0.1, 0.15) is 5.69 Å². The van der Waals surface area contributed by atoms with E-state index >= 15 is 0 Å². The summed E-state index contributed by atoms with van der Waals surface area (Å²) in [4.78, 5) is 4.46. The van der Waals surface area contributed by atoms with E-state index in [1.807, 2.05) is 25.1 Å². The molecule has 0 bridgehead atoms. The number of halogens is 1. The van der Waals surface area contributed by atoms with Gasteiger partial charge in [-0.1, -0.05) is 30.3 Å². The van der Waals surface area contributed by atoms with Crippen LogP contribution >= 0.6 is 15.9 Å². The third-order valence-corrected chi connectivity index (χ3v) is 5.38. The normalized spacial score (nSPS) is 11.5. The van der Waals surface area contributed by atoms with Crippen LogP contribution in [0.25, 0.3) is 10.9 Å². The fraction of sp³-hybridized carbons (Fsp3) is 0.0625. The van der Waals surface area contributed by atoms with Gasteiger partial charge in [-0.25, -0.2) is 4.98 Å². The molecule has 0 aliphatic rings. The molecule has 0 amide bonds. The van der Waals surface area contributed by atoms with Gasteiger partial charge in [0.1, 0.15) is 10.4 Å². The third-order valence-electron chi connectivity index (χ3n) is 3.13. The molecule has 0 N–H and O–H groups in total. The summed E-state index contributed by atoms with van der Waals surface area (Å²) in [6, 6.07) is 15.5. The Hall–Kier alpha value is -1.92. The summed E-state index contributed by atoms with van der Waals surface area (Å²) in [7, 11) is -3.94. The zero-order valence-corrected chi connectivity index (χ0v) is 14.1. The molecule has 0 spiro atoms. The van der Waals surface area contributed by atoms with Crippen molar-refractivity contribution < 1.29 is 12.6 Å². The average Bonchev–Trinajstić information content (AvgIpc) is 2.48. The van der Waals surface area contributed by atoms with Crippen LogP contribution in [0, 0.1) is 6.92 Å². The van der Waals surface area contributed by atoms with Crippen LogP contribution in [0.3, 0.4) is 0 Å². The number of hydrogen-bond acceptors (Lipinski definition) is 4. The van der Waals surface area contributed by atoms with Gasteiger partial charge in [0.05, 0.1) is 0 Å². The second kappa shape index (κ2) is 5.70. The lowest BCUT2D eigenvalue weighted by Crippen LogP contribution is -2.11. The summed E-state index contributed by atoms with van der Waals surface area (Å²) in [6.07, 6.45) is 0. The van der Waals surface area contributed by atoms with Gasteiger partial charge in [0, 0.05) is 15.6 Å². The molecule has 2 aromatic carbocycles. The first-order valence-corrected chi connectivity index (χ1v) is 8.73. The van der Waals surface area contributed by atoms with Gasteiger partial charge in [0.25, 0.3) is 0 Å². The van der Waals surface area contributed by atoms with Crippen molar-refractivity contribution in [3.8, 4) is 5.75 Å². The van der Waals surface area contributed by atoms with E-state index in [-0.39, 0.29) is 10.6 Å². The van der Waals surface area contributed by atoms with E-state index in [4.69, 9.17) is 4.18 Å². The van der Waals surface area contributed by atoms with Crippen LogP contribution < -0.4 is 4.18 Å². The maximum Gasteiger partial charge on any atom is 0.340 e. The highest BCUT2D eigenvalue weighted by Crippen LogP contribution is 2.29. The Labute approximate surface area is 137 Å². The van der Waals surface area contributed by atoms with E-state index < -0.39 is 10.1 Å². The van der Waals surface area contributed by atoms with E-state index in [1.165, 1.54) is 6.07 Å². The van der Waals surface area contributed by atoms with E-state index in [0.717, 1.165) is 11.1 Å². The molecule has 0 saturated heterocycles. The minimum absolute atomic E-state index is 0.0830. The topological polar surface area (TPSA) is 56.3 Å². The van der Waals surface area contributed by atoms with Gasteiger partial charge in [-0.15, -0.1) is 0 Å². The van der Waals surface area contributed by atoms with Crippen LogP contribution in [-0.4, -0.2) is 13.4 Å². The Morgan fingerprint density at radius 3 is 2.55 bits per heavy atom. The molecule has 3 aromatic rings. The molecule has 0 aliphatic heterocycles. The highest BCUT2D eigenvalue weighted by atomic mass is 79.9. The van der Waals surface area contributed by atoms with Crippen molar-refractivity contribution >= 4 is 37.0 Å². The minimum Gasteiger partial charge on any atom is -0.377 e. The van der Waals surface area contributed by atoms with Crippen molar-refractivity contribution in [2.45, 2.75) is 11.8 Å².